The van der Waals surface area contributed by atoms with Gasteiger partial charge < -0.3 is 10.4 Å². The molecule has 0 heterocycles. The van der Waals surface area contributed by atoms with Crippen molar-refractivity contribution < 1.29 is 9.90 Å². The van der Waals surface area contributed by atoms with Crippen molar-refractivity contribution in [2.45, 2.75) is 44.1 Å². The molecule has 1 amide bonds. The molecule has 0 saturated heterocycles. The van der Waals surface area contributed by atoms with Gasteiger partial charge in [-0.05, 0) is 61.3 Å². The van der Waals surface area contributed by atoms with Crippen molar-refractivity contribution in [3.05, 3.63) is 33.8 Å². The van der Waals surface area contributed by atoms with Gasteiger partial charge in [-0.3, -0.25) is 4.79 Å². The highest BCUT2D eigenvalue weighted by Crippen LogP contribution is 2.48. The minimum absolute atomic E-state index is 0.0306. The van der Waals surface area contributed by atoms with E-state index in [4.69, 9.17) is 23.2 Å². The molecule has 2 saturated carbocycles. The van der Waals surface area contributed by atoms with Crippen molar-refractivity contribution in [2.75, 3.05) is 6.54 Å². The van der Waals surface area contributed by atoms with E-state index in [-0.39, 0.29) is 23.8 Å². The number of carbonyl (C=O) groups excluding carboxylic acids is 1. The molecule has 0 radical (unpaired) electrons. The normalized spacial score (nSPS) is 30.9. The molecule has 3 rings (SSSR count). The van der Waals surface area contributed by atoms with E-state index in [1.807, 2.05) is 12.1 Å². The SMILES string of the molecule is O=C(NCC1CCCC(O)C1)C1CC1c1cc(Cl)cc(Cl)c1. The molecule has 22 heavy (non-hydrogen) atoms. The Balaban J connectivity index is 1.50. The molecule has 0 aliphatic heterocycles. The largest absolute Gasteiger partial charge is 0.393 e. The standard InChI is InChI=1S/C17H21Cl2NO2/c18-12-5-11(6-13(19)7-12)15-8-16(15)17(22)20-9-10-2-1-3-14(21)4-10/h5-7,10,14-16,21H,1-4,8-9H2,(H,20,22). The van der Waals surface area contributed by atoms with Crippen LogP contribution >= 0.6 is 23.2 Å². The summed E-state index contributed by atoms with van der Waals surface area (Å²) in [5.74, 6) is 0.780. The van der Waals surface area contributed by atoms with Crippen molar-refractivity contribution in [3.63, 3.8) is 0 Å². The highest BCUT2D eigenvalue weighted by atomic mass is 35.5. The van der Waals surface area contributed by atoms with Crippen molar-refractivity contribution in [2.24, 2.45) is 11.8 Å². The smallest absolute Gasteiger partial charge is 0.223 e. The molecule has 0 bridgehead atoms. The highest BCUT2D eigenvalue weighted by Gasteiger charge is 2.44. The van der Waals surface area contributed by atoms with Crippen molar-refractivity contribution in [3.8, 4) is 0 Å². The topological polar surface area (TPSA) is 49.3 Å². The van der Waals surface area contributed by atoms with Crippen LogP contribution in [0.3, 0.4) is 0 Å². The van der Waals surface area contributed by atoms with E-state index in [0.717, 1.165) is 37.7 Å². The Hall–Kier alpha value is -0.770. The second-order valence-corrected chi connectivity index (χ2v) is 7.46. The highest BCUT2D eigenvalue weighted by molar-refractivity contribution is 6.34. The van der Waals surface area contributed by atoms with E-state index in [0.29, 0.717) is 22.5 Å². The summed E-state index contributed by atoms with van der Waals surface area (Å²) in [5, 5.41) is 14.0. The maximum Gasteiger partial charge on any atom is 0.223 e. The summed E-state index contributed by atoms with van der Waals surface area (Å²) < 4.78 is 0. The predicted octanol–water partition coefficient (Wildman–Crippen LogP) is 3.76. The van der Waals surface area contributed by atoms with Gasteiger partial charge in [-0.15, -0.1) is 0 Å². The summed E-state index contributed by atoms with van der Waals surface area (Å²) in [7, 11) is 0. The molecule has 2 fully saturated rings. The third kappa shape index (κ3) is 3.95. The van der Waals surface area contributed by atoms with Crippen LogP contribution in [0.1, 0.15) is 43.6 Å². The zero-order chi connectivity index (χ0) is 15.7. The number of nitrogens with one attached hydrogen (secondary N) is 1. The summed E-state index contributed by atoms with van der Waals surface area (Å²) in [4.78, 5) is 12.2. The van der Waals surface area contributed by atoms with Crippen LogP contribution in [0.5, 0.6) is 0 Å². The molecule has 4 unspecified atom stereocenters. The van der Waals surface area contributed by atoms with Gasteiger partial charge in [0.15, 0.2) is 0 Å². The molecule has 0 spiro atoms. The minimum atomic E-state index is -0.196. The Morgan fingerprint density at radius 1 is 1.18 bits per heavy atom. The predicted molar refractivity (Wildman–Crippen MR) is 88.3 cm³/mol. The lowest BCUT2D eigenvalue weighted by molar-refractivity contribution is -0.122. The van der Waals surface area contributed by atoms with E-state index >= 15 is 0 Å². The Morgan fingerprint density at radius 3 is 2.59 bits per heavy atom. The summed E-state index contributed by atoms with van der Waals surface area (Å²) in [6.45, 7) is 0.676. The van der Waals surface area contributed by atoms with Gasteiger partial charge in [-0.1, -0.05) is 29.6 Å². The first kappa shape index (κ1) is 16.1. The second-order valence-electron chi connectivity index (χ2n) is 6.58. The van der Waals surface area contributed by atoms with Gasteiger partial charge >= 0.3 is 0 Å². The molecular formula is C17H21Cl2NO2. The third-order valence-electron chi connectivity index (χ3n) is 4.76. The summed E-state index contributed by atoms with van der Waals surface area (Å²) in [5.41, 5.74) is 1.05. The van der Waals surface area contributed by atoms with E-state index in [2.05, 4.69) is 5.32 Å². The maximum atomic E-state index is 12.2. The van der Waals surface area contributed by atoms with Gasteiger partial charge in [0, 0.05) is 22.5 Å². The number of carbonyl (C=O) groups is 1. The molecule has 3 nitrogen and oxygen atoms in total. The van der Waals surface area contributed by atoms with Crippen LogP contribution in [0.4, 0.5) is 0 Å². The van der Waals surface area contributed by atoms with Crippen LogP contribution in [0, 0.1) is 11.8 Å². The van der Waals surface area contributed by atoms with Crippen molar-refractivity contribution in [1.82, 2.24) is 5.32 Å². The van der Waals surface area contributed by atoms with Gasteiger partial charge in [0.2, 0.25) is 5.91 Å². The molecule has 2 N–H and O–H groups in total. The van der Waals surface area contributed by atoms with Crippen LogP contribution < -0.4 is 5.32 Å². The number of aliphatic hydroxyl groups excluding tert-OH is 1. The number of hydrogen-bond donors (Lipinski definition) is 2. The fraction of sp³-hybridized carbons (Fsp3) is 0.588. The molecule has 4 atom stereocenters. The molecular weight excluding hydrogens is 321 g/mol. The zero-order valence-electron chi connectivity index (χ0n) is 12.4. The van der Waals surface area contributed by atoms with Crippen molar-refractivity contribution >= 4 is 29.1 Å². The lowest BCUT2D eigenvalue weighted by Crippen LogP contribution is -2.34. The number of rotatable bonds is 4. The Kier molecular flexibility index (Phi) is 4.96. The number of amides is 1. The molecule has 0 aromatic heterocycles. The first-order valence-corrected chi connectivity index (χ1v) is 8.70. The fourth-order valence-electron chi connectivity index (χ4n) is 3.47. The van der Waals surface area contributed by atoms with Crippen LogP contribution in [-0.2, 0) is 4.79 Å². The Morgan fingerprint density at radius 2 is 1.91 bits per heavy atom. The van der Waals surface area contributed by atoms with Crippen LogP contribution in [0.15, 0.2) is 18.2 Å². The molecule has 2 aliphatic carbocycles. The van der Waals surface area contributed by atoms with E-state index in [1.165, 1.54) is 0 Å². The number of hydrogen-bond acceptors (Lipinski definition) is 2. The Labute approximate surface area is 141 Å². The van der Waals surface area contributed by atoms with Crippen LogP contribution in [0.25, 0.3) is 0 Å². The lowest BCUT2D eigenvalue weighted by atomic mass is 9.87. The number of aliphatic hydroxyl groups is 1. The van der Waals surface area contributed by atoms with Gasteiger partial charge in [-0.25, -0.2) is 0 Å². The van der Waals surface area contributed by atoms with Gasteiger partial charge in [0.05, 0.1) is 6.10 Å². The average Bonchev–Trinajstić information content (AvgIpc) is 3.24. The summed E-state index contributed by atoms with van der Waals surface area (Å²) in [6.07, 6.45) is 4.50. The lowest BCUT2D eigenvalue weighted by Gasteiger charge is -2.25. The van der Waals surface area contributed by atoms with Crippen LogP contribution in [-0.4, -0.2) is 23.7 Å². The first-order chi connectivity index (χ1) is 10.5. The zero-order valence-corrected chi connectivity index (χ0v) is 13.9. The van der Waals surface area contributed by atoms with E-state index < -0.39 is 0 Å². The molecule has 120 valence electrons. The molecule has 5 heteroatoms. The van der Waals surface area contributed by atoms with E-state index in [1.54, 1.807) is 6.07 Å². The minimum Gasteiger partial charge on any atom is -0.393 e. The fourth-order valence-corrected chi connectivity index (χ4v) is 4.01. The number of halogens is 2. The second kappa shape index (κ2) is 6.77. The maximum absolute atomic E-state index is 12.2. The molecule has 1 aromatic rings. The van der Waals surface area contributed by atoms with Crippen LogP contribution in [0.2, 0.25) is 10.0 Å². The Bertz CT molecular complexity index is 543. The quantitative estimate of drug-likeness (QED) is 0.875. The van der Waals surface area contributed by atoms with Gasteiger partial charge in [0.1, 0.15) is 0 Å². The number of benzene rings is 1. The first-order valence-electron chi connectivity index (χ1n) is 7.94. The molecule has 2 aliphatic rings. The van der Waals surface area contributed by atoms with Crippen molar-refractivity contribution in [1.29, 1.82) is 0 Å². The third-order valence-corrected chi connectivity index (χ3v) is 5.20. The van der Waals surface area contributed by atoms with E-state index in [9.17, 15) is 9.90 Å². The average molecular weight is 342 g/mol. The van der Waals surface area contributed by atoms with Gasteiger partial charge in [-0.2, -0.15) is 0 Å². The summed E-state index contributed by atoms with van der Waals surface area (Å²) in [6, 6.07) is 5.49. The van der Waals surface area contributed by atoms with Gasteiger partial charge in [0.25, 0.3) is 0 Å². The molecule has 1 aromatic carbocycles. The monoisotopic (exact) mass is 341 g/mol. The summed E-state index contributed by atoms with van der Waals surface area (Å²) >= 11 is 12.0.